The molecule has 0 saturated heterocycles. The minimum Gasteiger partial charge on any atom is -0.397 e. The highest BCUT2D eigenvalue weighted by atomic mass is 16.3. The molecule has 0 aliphatic heterocycles. The molecule has 0 bridgehead atoms. The topological polar surface area (TPSA) is 71.2 Å². The van der Waals surface area contributed by atoms with Gasteiger partial charge in [0.1, 0.15) is 5.82 Å². The summed E-state index contributed by atoms with van der Waals surface area (Å²) in [6, 6.07) is 3.61. The van der Waals surface area contributed by atoms with E-state index in [-0.39, 0.29) is 12.5 Å². The number of nitrogens with two attached hydrogens (primary N) is 1. The van der Waals surface area contributed by atoms with E-state index < -0.39 is 0 Å². The third-order valence-corrected chi connectivity index (χ3v) is 1.73. The molecule has 0 aliphatic rings. The van der Waals surface area contributed by atoms with Gasteiger partial charge in [0.05, 0.1) is 11.9 Å². The SMILES string of the molecule is CC(CO)CNc1ccc(N)cn1. The van der Waals surface area contributed by atoms with Gasteiger partial charge >= 0.3 is 0 Å². The second-order valence-corrected chi connectivity index (χ2v) is 3.15. The molecule has 1 heterocycles. The van der Waals surface area contributed by atoms with Gasteiger partial charge in [-0.15, -0.1) is 0 Å². The fraction of sp³-hybridized carbons (Fsp3) is 0.444. The average Bonchev–Trinajstić information content (AvgIpc) is 2.16. The first-order valence-corrected chi connectivity index (χ1v) is 4.28. The van der Waals surface area contributed by atoms with Crippen LogP contribution >= 0.6 is 0 Å². The summed E-state index contributed by atoms with van der Waals surface area (Å²) in [7, 11) is 0. The van der Waals surface area contributed by atoms with E-state index in [1.54, 1.807) is 12.3 Å². The van der Waals surface area contributed by atoms with Crippen molar-refractivity contribution >= 4 is 11.5 Å². The fourth-order valence-electron chi connectivity index (χ4n) is 0.853. The van der Waals surface area contributed by atoms with Crippen molar-refractivity contribution in [1.29, 1.82) is 0 Å². The third-order valence-electron chi connectivity index (χ3n) is 1.73. The summed E-state index contributed by atoms with van der Waals surface area (Å²) >= 11 is 0. The van der Waals surface area contributed by atoms with Crippen molar-refractivity contribution in [1.82, 2.24) is 4.98 Å². The monoisotopic (exact) mass is 181 g/mol. The van der Waals surface area contributed by atoms with E-state index in [9.17, 15) is 0 Å². The molecule has 0 fully saturated rings. The maximum atomic E-state index is 8.78. The largest absolute Gasteiger partial charge is 0.397 e. The van der Waals surface area contributed by atoms with Gasteiger partial charge in [0.25, 0.3) is 0 Å². The number of hydrogen-bond donors (Lipinski definition) is 3. The maximum Gasteiger partial charge on any atom is 0.126 e. The van der Waals surface area contributed by atoms with Crippen LogP contribution in [0.5, 0.6) is 0 Å². The van der Waals surface area contributed by atoms with Crippen LogP contribution < -0.4 is 11.1 Å². The molecule has 1 unspecified atom stereocenters. The van der Waals surface area contributed by atoms with Crippen molar-refractivity contribution in [2.45, 2.75) is 6.92 Å². The zero-order valence-electron chi connectivity index (χ0n) is 7.70. The average molecular weight is 181 g/mol. The van der Waals surface area contributed by atoms with E-state index in [4.69, 9.17) is 10.8 Å². The smallest absolute Gasteiger partial charge is 0.126 e. The van der Waals surface area contributed by atoms with Crippen molar-refractivity contribution in [3.05, 3.63) is 18.3 Å². The number of aliphatic hydroxyl groups is 1. The molecule has 0 saturated carbocycles. The molecule has 0 aliphatic carbocycles. The van der Waals surface area contributed by atoms with Gasteiger partial charge in [0.2, 0.25) is 0 Å². The Morgan fingerprint density at radius 1 is 1.62 bits per heavy atom. The lowest BCUT2D eigenvalue weighted by molar-refractivity contribution is 0.244. The number of anilines is 2. The Hall–Kier alpha value is -1.29. The van der Waals surface area contributed by atoms with E-state index >= 15 is 0 Å². The summed E-state index contributed by atoms with van der Waals surface area (Å²) in [4.78, 5) is 4.07. The van der Waals surface area contributed by atoms with Crippen LogP contribution in [0.3, 0.4) is 0 Å². The number of aromatic nitrogens is 1. The molecular formula is C9H15N3O. The van der Waals surface area contributed by atoms with Gasteiger partial charge in [-0.3, -0.25) is 0 Å². The number of rotatable bonds is 4. The van der Waals surface area contributed by atoms with E-state index in [0.717, 1.165) is 5.82 Å². The van der Waals surface area contributed by atoms with E-state index in [0.29, 0.717) is 12.2 Å². The quantitative estimate of drug-likeness (QED) is 0.639. The Bertz CT molecular complexity index is 248. The summed E-state index contributed by atoms with van der Waals surface area (Å²) in [5, 5.41) is 11.9. The van der Waals surface area contributed by atoms with Crippen LogP contribution in [-0.2, 0) is 0 Å². The van der Waals surface area contributed by atoms with Crippen molar-refractivity contribution in [2.75, 3.05) is 24.2 Å². The summed E-state index contributed by atoms with van der Waals surface area (Å²) < 4.78 is 0. The lowest BCUT2D eigenvalue weighted by Crippen LogP contribution is -2.15. The van der Waals surface area contributed by atoms with Gasteiger partial charge in [-0.2, -0.15) is 0 Å². The highest BCUT2D eigenvalue weighted by Crippen LogP contribution is 2.06. The number of nitrogens with zero attached hydrogens (tertiary/aromatic N) is 1. The van der Waals surface area contributed by atoms with Gasteiger partial charge in [-0.05, 0) is 18.1 Å². The Kier molecular flexibility index (Phi) is 3.52. The molecule has 1 aromatic heterocycles. The second-order valence-electron chi connectivity index (χ2n) is 3.15. The fourth-order valence-corrected chi connectivity index (χ4v) is 0.853. The summed E-state index contributed by atoms with van der Waals surface area (Å²) in [5.74, 6) is 1.02. The van der Waals surface area contributed by atoms with Crippen molar-refractivity contribution in [3.8, 4) is 0 Å². The molecule has 1 atom stereocenters. The minimum atomic E-state index is 0.183. The van der Waals surface area contributed by atoms with Crippen LogP contribution in [0.4, 0.5) is 11.5 Å². The maximum absolute atomic E-state index is 8.78. The van der Waals surface area contributed by atoms with Gasteiger partial charge in [0, 0.05) is 13.2 Å². The van der Waals surface area contributed by atoms with Crippen LogP contribution in [-0.4, -0.2) is 23.2 Å². The second kappa shape index (κ2) is 4.67. The van der Waals surface area contributed by atoms with Crippen molar-refractivity contribution in [2.24, 2.45) is 5.92 Å². The number of pyridine rings is 1. The molecule has 72 valence electrons. The zero-order valence-corrected chi connectivity index (χ0v) is 7.70. The predicted molar refractivity (Wildman–Crippen MR) is 53.4 cm³/mol. The molecule has 0 spiro atoms. The Labute approximate surface area is 77.8 Å². The van der Waals surface area contributed by atoms with Gasteiger partial charge in [0.15, 0.2) is 0 Å². The first-order valence-electron chi connectivity index (χ1n) is 4.28. The summed E-state index contributed by atoms with van der Waals surface area (Å²) in [6.45, 7) is 2.86. The molecule has 0 amide bonds. The van der Waals surface area contributed by atoms with Gasteiger partial charge < -0.3 is 16.2 Å². The van der Waals surface area contributed by atoms with Gasteiger partial charge in [-0.25, -0.2) is 4.98 Å². The standard InChI is InChI=1S/C9H15N3O/c1-7(6-13)4-11-9-3-2-8(10)5-12-9/h2-3,5,7,13H,4,6,10H2,1H3,(H,11,12). The number of nitrogens with one attached hydrogen (secondary N) is 1. The first-order chi connectivity index (χ1) is 6.22. The van der Waals surface area contributed by atoms with Crippen molar-refractivity contribution < 1.29 is 5.11 Å². The van der Waals surface area contributed by atoms with E-state index in [1.165, 1.54) is 0 Å². The normalized spacial score (nSPS) is 12.5. The third kappa shape index (κ3) is 3.29. The predicted octanol–water partition coefficient (Wildman–Crippen LogP) is 0.704. The van der Waals surface area contributed by atoms with E-state index in [1.807, 2.05) is 13.0 Å². The lowest BCUT2D eigenvalue weighted by Gasteiger charge is -2.09. The Morgan fingerprint density at radius 2 is 2.38 bits per heavy atom. The Balaban J connectivity index is 2.41. The number of hydrogen-bond acceptors (Lipinski definition) is 4. The van der Waals surface area contributed by atoms with Crippen LogP contribution in [0.2, 0.25) is 0 Å². The minimum absolute atomic E-state index is 0.183. The zero-order chi connectivity index (χ0) is 9.68. The van der Waals surface area contributed by atoms with Crippen LogP contribution in [0, 0.1) is 5.92 Å². The molecule has 4 heteroatoms. The summed E-state index contributed by atoms with van der Waals surface area (Å²) in [6.07, 6.45) is 1.60. The number of nitrogen functional groups attached to an aromatic ring is 1. The molecular weight excluding hydrogens is 166 g/mol. The van der Waals surface area contributed by atoms with Crippen LogP contribution in [0.1, 0.15) is 6.92 Å². The van der Waals surface area contributed by atoms with Gasteiger partial charge in [-0.1, -0.05) is 6.92 Å². The molecule has 0 radical (unpaired) electrons. The highest BCUT2D eigenvalue weighted by Gasteiger charge is 1.99. The molecule has 0 aromatic carbocycles. The van der Waals surface area contributed by atoms with Crippen LogP contribution in [0.15, 0.2) is 18.3 Å². The lowest BCUT2D eigenvalue weighted by atomic mass is 10.2. The molecule has 1 aromatic rings. The molecule has 4 N–H and O–H groups in total. The van der Waals surface area contributed by atoms with Crippen LogP contribution in [0.25, 0.3) is 0 Å². The summed E-state index contributed by atoms with van der Waals surface area (Å²) in [5.41, 5.74) is 6.13. The Morgan fingerprint density at radius 3 is 2.92 bits per heavy atom. The molecule has 4 nitrogen and oxygen atoms in total. The molecule has 1 rings (SSSR count). The molecule has 13 heavy (non-hydrogen) atoms. The van der Waals surface area contributed by atoms with Crippen molar-refractivity contribution in [3.63, 3.8) is 0 Å². The highest BCUT2D eigenvalue weighted by molar-refractivity contribution is 5.43. The number of aliphatic hydroxyl groups excluding tert-OH is 1. The first kappa shape index (κ1) is 9.80. The van der Waals surface area contributed by atoms with E-state index in [2.05, 4.69) is 10.3 Å².